The molecule has 0 aromatic heterocycles. The van der Waals surface area contributed by atoms with Crippen LogP contribution in [0.25, 0.3) is 0 Å². The monoisotopic (exact) mass is 170 g/mol. The predicted molar refractivity (Wildman–Crippen MR) is 19.2 cm³/mol. The Morgan fingerprint density at radius 1 is 0.900 bits per heavy atom. The molecule has 1 N–H and O–H groups in total. The van der Waals surface area contributed by atoms with Crippen molar-refractivity contribution in [3.8, 4) is 0 Å². The molecule has 0 amide bonds. The normalized spacial score (nSPS) is 14.4. The van der Waals surface area contributed by atoms with Crippen molar-refractivity contribution in [2.45, 2.75) is 18.5 Å². The number of halogens is 6. The lowest BCUT2D eigenvalue weighted by Gasteiger charge is -2.16. The Balaban J connectivity index is 0. The Morgan fingerprint density at radius 2 is 1.10 bits per heavy atom. The van der Waals surface area contributed by atoms with E-state index in [1.165, 1.54) is 0 Å². The van der Waals surface area contributed by atoms with Gasteiger partial charge in [0.1, 0.15) is 0 Å². The second-order valence-electron chi connectivity index (χ2n) is 1.49. The molecule has 0 radical (unpaired) electrons. The smallest absolute Gasteiger partial charge is 0.423 e. The molecule has 0 spiro atoms. The minimum Gasteiger partial charge on any atom is -1.00 e. The Hall–Kier alpha value is -0.460. The molecule has 1 nitrogen and oxygen atoms in total. The fourth-order valence-electron chi connectivity index (χ4n) is 0.186. The van der Waals surface area contributed by atoms with Crippen LogP contribution in [-0.4, -0.2) is 23.6 Å². The van der Waals surface area contributed by atoms with E-state index in [0.29, 0.717) is 0 Å². The molecule has 0 aliphatic rings. The van der Waals surface area contributed by atoms with Crippen LogP contribution in [0.3, 0.4) is 0 Å². The van der Waals surface area contributed by atoms with E-state index in [1.807, 2.05) is 0 Å². The van der Waals surface area contributed by atoms with Crippen molar-refractivity contribution in [1.82, 2.24) is 0 Å². The highest BCUT2D eigenvalue weighted by molar-refractivity contribution is 4.72. The molecule has 10 heavy (non-hydrogen) atoms. The molecule has 0 saturated heterocycles. The maximum Gasteiger partial charge on any atom is 0.423 e. The standard InChI is InChI=1S/C3H2F6O.H/c4-2(5,6)1(10)3(7,8)9;/h1,10H;/q;-1/i;1+1. The van der Waals surface area contributed by atoms with Crippen molar-refractivity contribution in [2.24, 2.45) is 0 Å². The summed E-state index contributed by atoms with van der Waals surface area (Å²) in [7, 11) is 0. The van der Waals surface area contributed by atoms with E-state index in [4.69, 9.17) is 5.11 Å². The van der Waals surface area contributed by atoms with Gasteiger partial charge in [0.05, 0.1) is 0 Å². The molecule has 0 rings (SSSR count). The Labute approximate surface area is 52.7 Å². The number of alkyl halides is 6. The average Bonchev–Trinajstić information content (AvgIpc) is 1.59. The van der Waals surface area contributed by atoms with Crippen molar-refractivity contribution in [1.29, 1.82) is 0 Å². The molecular weight excluding hydrogens is 166 g/mol. The summed E-state index contributed by atoms with van der Waals surface area (Å²) < 4.78 is 65.9. The first-order chi connectivity index (χ1) is 4.15. The Kier molecular flexibility index (Phi) is 2.19. The minimum absolute atomic E-state index is 0. The highest BCUT2D eigenvalue weighted by Gasteiger charge is 2.55. The quantitative estimate of drug-likeness (QED) is 0.547. The molecule has 0 aromatic rings. The second kappa shape index (κ2) is 2.30. The van der Waals surface area contributed by atoms with Gasteiger partial charge in [-0.3, -0.25) is 0 Å². The molecule has 0 unspecified atom stereocenters. The van der Waals surface area contributed by atoms with Crippen molar-refractivity contribution < 1.29 is 32.9 Å². The van der Waals surface area contributed by atoms with Crippen molar-refractivity contribution in [3.05, 3.63) is 0 Å². The van der Waals surface area contributed by atoms with E-state index < -0.39 is 18.5 Å². The summed E-state index contributed by atoms with van der Waals surface area (Å²) in [4.78, 5) is 0. The van der Waals surface area contributed by atoms with Crippen LogP contribution in [-0.2, 0) is 0 Å². The fraction of sp³-hybridized carbons (Fsp3) is 1.00. The summed E-state index contributed by atoms with van der Waals surface area (Å²) in [6.45, 7) is 0. The maximum atomic E-state index is 11.0. The number of hydrogen-bond acceptors (Lipinski definition) is 1. The van der Waals surface area contributed by atoms with Gasteiger partial charge in [0.25, 0.3) is 0 Å². The van der Waals surface area contributed by atoms with Crippen LogP contribution >= 0.6 is 0 Å². The summed E-state index contributed by atoms with van der Waals surface area (Å²) in [6.07, 6.45) is -15.5. The number of hydrogen-bond donors (Lipinski definition) is 1. The van der Waals surface area contributed by atoms with Gasteiger partial charge in [0.15, 0.2) is 0 Å². The molecule has 0 saturated carbocycles. The zero-order valence-electron chi connectivity index (χ0n) is 5.29. The Bertz CT molecular complexity index is 102. The highest BCUT2D eigenvalue weighted by Crippen LogP contribution is 2.32. The summed E-state index contributed by atoms with van der Waals surface area (Å²) in [5.41, 5.74) is 0. The van der Waals surface area contributed by atoms with E-state index in [0.717, 1.165) is 0 Å². The SMILES string of the molecule is OC(C(F)(F)F)C(F)(F)F.[2H-]. The molecule has 0 aliphatic carbocycles. The third kappa shape index (κ3) is 2.42. The third-order valence-electron chi connectivity index (χ3n) is 0.620. The fourth-order valence-corrected chi connectivity index (χ4v) is 0.186. The first kappa shape index (κ1) is 9.54. The molecule has 0 fully saturated rings. The molecule has 7 heteroatoms. The zero-order chi connectivity index (χ0) is 8.58. The van der Waals surface area contributed by atoms with Gasteiger partial charge in [0, 0.05) is 0 Å². The molecule has 0 aliphatic heterocycles. The van der Waals surface area contributed by atoms with Gasteiger partial charge < -0.3 is 6.53 Å². The molecule has 0 heterocycles. The minimum atomic E-state index is -5.63. The van der Waals surface area contributed by atoms with Crippen LogP contribution in [0.2, 0.25) is 0 Å². The van der Waals surface area contributed by atoms with E-state index in [1.54, 1.807) is 0 Å². The summed E-state index contributed by atoms with van der Waals surface area (Å²) in [6, 6.07) is 0. The second-order valence-corrected chi connectivity index (χ2v) is 1.49. The van der Waals surface area contributed by atoms with Crippen LogP contribution in [0.5, 0.6) is 0 Å². The zero-order valence-corrected chi connectivity index (χ0v) is 4.29. The van der Waals surface area contributed by atoms with E-state index in [9.17, 15) is 26.3 Å². The van der Waals surface area contributed by atoms with Crippen molar-refractivity contribution >= 4 is 0 Å². The molecule has 0 aromatic carbocycles. The van der Waals surface area contributed by atoms with Crippen LogP contribution in [0.4, 0.5) is 26.3 Å². The van der Waals surface area contributed by atoms with Crippen LogP contribution in [0.1, 0.15) is 1.43 Å². The molecule has 0 atom stereocenters. The van der Waals surface area contributed by atoms with Gasteiger partial charge in [0.2, 0.25) is 6.10 Å². The highest BCUT2D eigenvalue weighted by atomic mass is 19.4. The van der Waals surface area contributed by atoms with Gasteiger partial charge in [-0.15, -0.1) is 0 Å². The van der Waals surface area contributed by atoms with Gasteiger partial charge in [-0.1, -0.05) is 0 Å². The Morgan fingerprint density at radius 3 is 1.10 bits per heavy atom. The van der Waals surface area contributed by atoms with E-state index >= 15 is 0 Å². The lowest BCUT2D eigenvalue weighted by atomic mass is 10.3. The van der Waals surface area contributed by atoms with Gasteiger partial charge in [-0.05, 0) is 0 Å². The van der Waals surface area contributed by atoms with Crippen LogP contribution in [0.15, 0.2) is 0 Å². The molecular formula is C3H3F6O-. The van der Waals surface area contributed by atoms with Crippen molar-refractivity contribution in [3.63, 3.8) is 0 Å². The lowest BCUT2D eigenvalue weighted by Crippen LogP contribution is -2.41. The summed E-state index contributed by atoms with van der Waals surface area (Å²) in [5, 5.41) is 7.47. The summed E-state index contributed by atoms with van der Waals surface area (Å²) >= 11 is 0. The van der Waals surface area contributed by atoms with Crippen LogP contribution < -0.4 is 0 Å². The van der Waals surface area contributed by atoms with E-state index in [2.05, 4.69) is 0 Å². The lowest BCUT2D eigenvalue weighted by molar-refractivity contribution is -0.308. The van der Waals surface area contributed by atoms with Gasteiger partial charge in [-0.2, -0.15) is 26.3 Å². The first-order valence-corrected chi connectivity index (χ1v) is 1.97. The van der Waals surface area contributed by atoms with Gasteiger partial charge in [-0.25, -0.2) is 0 Å². The molecule has 64 valence electrons. The van der Waals surface area contributed by atoms with Crippen molar-refractivity contribution in [2.75, 3.05) is 0 Å². The molecule has 0 bridgehead atoms. The summed E-state index contributed by atoms with van der Waals surface area (Å²) in [5.74, 6) is 0. The number of aliphatic hydroxyl groups excluding tert-OH is 1. The first-order valence-electron chi connectivity index (χ1n) is 1.97. The predicted octanol–water partition coefficient (Wildman–Crippen LogP) is 1.58. The third-order valence-corrected chi connectivity index (χ3v) is 0.620. The maximum absolute atomic E-state index is 11.0. The van der Waals surface area contributed by atoms with E-state index in [-0.39, 0.29) is 1.43 Å². The number of aliphatic hydroxyl groups is 1. The van der Waals surface area contributed by atoms with Gasteiger partial charge >= 0.3 is 12.4 Å². The van der Waals surface area contributed by atoms with Crippen LogP contribution in [0, 0.1) is 0 Å². The number of rotatable bonds is 0. The largest absolute Gasteiger partial charge is 1.00 e. The topological polar surface area (TPSA) is 20.2 Å². The average molecular weight is 170 g/mol.